The fraction of sp³-hybridized carbons (Fsp3) is 0. The van der Waals surface area contributed by atoms with Crippen molar-refractivity contribution in [3.05, 3.63) is 267 Å². The van der Waals surface area contributed by atoms with Crippen LogP contribution in [-0.2, 0) is 0 Å². The molecule has 0 aliphatic heterocycles. The highest BCUT2D eigenvalue weighted by atomic mass is 32.1. The average molecular weight is 953 g/mol. The van der Waals surface area contributed by atoms with Gasteiger partial charge in [-0.15, -0.1) is 22.7 Å². The Morgan fingerprint density at radius 3 is 1.25 bits per heavy atom. The highest BCUT2D eigenvalue weighted by Crippen LogP contribution is 2.53. The maximum Gasteiger partial charge on any atom is 0.0561 e. The summed E-state index contributed by atoms with van der Waals surface area (Å²) in [4.78, 5) is 5.03. The van der Waals surface area contributed by atoms with Gasteiger partial charge < -0.3 is 9.80 Å². The van der Waals surface area contributed by atoms with E-state index in [-0.39, 0.29) is 0 Å². The number of nitrogens with zero attached hydrogens (tertiary/aromatic N) is 2. The van der Waals surface area contributed by atoms with E-state index < -0.39 is 0 Å². The zero-order chi connectivity index (χ0) is 47.5. The van der Waals surface area contributed by atoms with Crippen molar-refractivity contribution >= 4 is 119 Å². The van der Waals surface area contributed by atoms with Gasteiger partial charge in [-0.2, -0.15) is 0 Å². The Bertz CT molecular complexity index is 4350. The van der Waals surface area contributed by atoms with Crippen LogP contribution in [0.4, 0.5) is 34.1 Å². The molecule has 0 fully saturated rings. The fourth-order valence-corrected chi connectivity index (χ4v) is 13.2. The molecule has 0 saturated heterocycles. The quantitative estimate of drug-likeness (QED) is 0.142. The Hall–Kier alpha value is -8.80. The monoisotopic (exact) mass is 952 g/mol. The van der Waals surface area contributed by atoms with Crippen molar-refractivity contribution < 1.29 is 0 Å². The van der Waals surface area contributed by atoms with Gasteiger partial charge in [0.2, 0.25) is 0 Å². The van der Waals surface area contributed by atoms with Crippen LogP contribution in [0.25, 0.3) is 95.3 Å². The standard InChI is InChI=1S/C68H44N2S2/c1-4-19-45(20-5-1)50-38-40-60(54-27-12-10-25-52(50)54)69(48-23-8-3-9-24-48)62-31-18-32-63(68(62)47-35-42-66-59(43-47)57-30-15-17-34-65(57)71-66)70(49-36-37-58-56-29-14-16-33-64(56)72-67(58)44-49)61-41-39-51(46-21-6-2-7-22-46)53-26-11-13-28-55(53)61/h1-44H. The van der Waals surface area contributed by atoms with Crippen molar-refractivity contribution in [2.75, 3.05) is 9.80 Å². The molecule has 0 radical (unpaired) electrons. The second-order valence-electron chi connectivity index (χ2n) is 18.4. The van der Waals surface area contributed by atoms with E-state index in [1.54, 1.807) is 0 Å². The summed E-state index contributed by atoms with van der Waals surface area (Å²) < 4.78 is 5.11. The first-order valence-corrected chi connectivity index (χ1v) is 26.1. The Balaban J connectivity index is 1.10. The lowest BCUT2D eigenvalue weighted by molar-refractivity contribution is 1.26. The first kappa shape index (κ1) is 42.1. The minimum Gasteiger partial charge on any atom is -0.309 e. The topological polar surface area (TPSA) is 6.48 Å². The van der Waals surface area contributed by atoms with Gasteiger partial charge in [-0.1, -0.05) is 194 Å². The third kappa shape index (κ3) is 7.06. The number of para-hydroxylation sites is 1. The maximum absolute atomic E-state index is 2.54. The molecule has 0 atom stereocenters. The van der Waals surface area contributed by atoms with Gasteiger partial charge in [0.05, 0.1) is 22.7 Å². The van der Waals surface area contributed by atoms with Gasteiger partial charge in [0.1, 0.15) is 0 Å². The minimum absolute atomic E-state index is 1.08. The lowest BCUT2D eigenvalue weighted by Crippen LogP contribution is -2.16. The van der Waals surface area contributed by atoms with Gasteiger partial charge in [0, 0.05) is 68.1 Å². The normalized spacial score (nSPS) is 11.6. The van der Waals surface area contributed by atoms with Crippen LogP contribution >= 0.6 is 22.7 Å². The van der Waals surface area contributed by atoms with Crippen LogP contribution in [0.15, 0.2) is 267 Å². The van der Waals surface area contributed by atoms with E-state index in [1.165, 1.54) is 84.1 Å². The van der Waals surface area contributed by atoms with Crippen molar-refractivity contribution in [2.45, 2.75) is 0 Å². The Kier molecular flexibility index (Phi) is 10.3. The second-order valence-corrected chi connectivity index (χ2v) is 20.5. The minimum atomic E-state index is 1.08. The van der Waals surface area contributed by atoms with E-state index in [9.17, 15) is 0 Å². The Morgan fingerprint density at radius 1 is 0.222 bits per heavy atom. The first-order chi connectivity index (χ1) is 35.7. The van der Waals surface area contributed by atoms with E-state index in [4.69, 9.17) is 0 Å². The van der Waals surface area contributed by atoms with Gasteiger partial charge >= 0.3 is 0 Å². The Morgan fingerprint density at radius 2 is 0.667 bits per heavy atom. The van der Waals surface area contributed by atoms with Crippen LogP contribution in [0, 0.1) is 0 Å². The third-order valence-corrected chi connectivity index (χ3v) is 16.5. The van der Waals surface area contributed by atoms with E-state index in [1.807, 2.05) is 22.7 Å². The van der Waals surface area contributed by atoms with Crippen LogP contribution in [0.2, 0.25) is 0 Å². The average Bonchev–Trinajstić information content (AvgIpc) is 4.02. The molecule has 0 saturated carbocycles. The molecule has 2 nitrogen and oxygen atoms in total. The molecular formula is C68H44N2S2. The molecule has 12 aromatic carbocycles. The molecule has 0 amide bonds. The number of benzene rings is 12. The summed E-state index contributed by atoms with van der Waals surface area (Å²) in [6, 6.07) is 98.4. The molecule has 4 heteroatoms. The number of fused-ring (bicyclic) bond motifs is 8. The highest BCUT2D eigenvalue weighted by molar-refractivity contribution is 7.26. The number of rotatable bonds is 9. The molecule has 2 heterocycles. The van der Waals surface area contributed by atoms with Crippen molar-refractivity contribution in [3.63, 3.8) is 0 Å². The van der Waals surface area contributed by atoms with Gasteiger partial charge in [0.15, 0.2) is 0 Å². The maximum atomic E-state index is 2.54. The lowest BCUT2D eigenvalue weighted by atomic mass is 9.93. The highest BCUT2D eigenvalue weighted by Gasteiger charge is 2.28. The predicted octanol–water partition coefficient (Wildman–Crippen LogP) is 20.7. The molecule has 338 valence electrons. The van der Waals surface area contributed by atoms with Gasteiger partial charge in [-0.3, -0.25) is 0 Å². The van der Waals surface area contributed by atoms with E-state index in [0.717, 1.165) is 45.3 Å². The molecule has 14 aromatic rings. The number of hydrogen-bond acceptors (Lipinski definition) is 4. The molecule has 0 N–H and O–H groups in total. The largest absolute Gasteiger partial charge is 0.309 e. The SMILES string of the molecule is c1ccc(-c2ccc(N(c3ccccc3)c3cccc(N(c4ccc5c(c4)sc4ccccc45)c4ccc(-c5ccccc5)c5ccccc45)c3-c3ccc4sc5ccccc5c4c3)c3ccccc23)cc1. The number of anilines is 6. The van der Waals surface area contributed by atoms with Crippen molar-refractivity contribution in [2.24, 2.45) is 0 Å². The van der Waals surface area contributed by atoms with Crippen molar-refractivity contribution in [1.29, 1.82) is 0 Å². The van der Waals surface area contributed by atoms with Gasteiger partial charge in [-0.25, -0.2) is 0 Å². The van der Waals surface area contributed by atoms with Crippen molar-refractivity contribution in [1.82, 2.24) is 0 Å². The molecule has 2 aromatic heterocycles. The molecule has 72 heavy (non-hydrogen) atoms. The molecular weight excluding hydrogens is 909 g/mol. The molecule has 0 aliphatic carbocycles. The smallest absolute Gasteiger partial charge is 0.0561 e. The predicted molar refractivity (Wildman–Crippen MR) is 313 cm³/mol. The van der Waals surface area contributed by atoms with Crippen LogP contribution in [0.1, 0.15) is 0 Å². The van der Waals surface area contributed by atoms with Gasteiger partial charge in [0.25, 0.3) is 0 Å². The zero-order valence-corrected chi connectivity index (χ0v) is 40.7. The summed E-state index contributed by atoms with van der Waals surface area (Å²) in [5, 5.41) is 9.85. The number of hydrogen-bond donors (Lipinski definition) is 0. The molecule has 14 rings (SSSR count). The fourth-order valence-electron chi connectivity index (χ4n) is 11.0. The van der Waals surface area contributed by atoms with Crippen LogP contribution in [0.3, 0.4) is 0 Å². The third-order valence-electron chi connectivity index (χ3n) is 14.3. The molecule has 0 spiro atoms. The van der Waals surface area contributed by atoms with E-state index >= 15 is 0 Å². The van der Waals surface area contributed by atoms with Crippen LogP contribution in [-0.4, -0.2) is 0 Å². The molecule has 0 bridgehead atoms. The summed E-state index contributed by atoms with van der Waals surface area (Å²) in [7, 11) is 0. The second kappa shape index (κ2) is 17.6. The van der Waals surface area contributed by atoms with Crippen LogP contribution < -0.4 is 9.80 Å². The van der Waals surface area contributed by atoms with Gasteiger partial charge in [-0.05, 0) is 111 Å². The Labute approximate surface area is 426 Å². The first-order valence-electron chi connectivity index (χ1n) is 24.5. The molecule has 0 aliphatic rings. The summed E-state index contributed by atoms with van der Waals surface area (Å²) in [5.74, 6) is 0. The number of thiophene rings is 2. The van der Waals surface area contributed by atoms with Crippen molar-refractivity contribution in [3.8, 4) is 33.4 Å². The summed E-state index contributed by atoms with van der Waals surface area (Å²) in [6.45, 7) is 0. The van der Waals surface area contributed by atoms with E-state index in [2.05, 4.69) is 277 Å². The molecule has 0 unspecified atom stereocenters. The lowest BCUT2D eigenvalue weighted by Gasteiger charge is -2.34. The summed E-state index contributed by atoms with van der Waals surface area (Å²) in [6.07, 6.45) is 0. The van der Waals surface area contributed by atoms with E-state index in [0.29, 0.717) is 0 Å². The zero-order valence-electron chi connectivity index (χ0n) is 39.1. The summed E-state index contributed by atoms with van der Waals surface area (Å²) in [5.41, 5.74) is 13.6. The summed E-state index contributed by atoms with van der Waals surface area (Å²) >= 11 is 3.72. The van der Waals surface area contributed by atoms with Crippen LogP contribution in [0.5, 0.6) is 0 Å².